The van der Waals surface area contributed by atoms with E-state index in [4.69, 9.17) is 0 Å². The molecule has 1 saturated heterocycles. The van der Waals surface area contributed by atoms with Crippen molar-refractivity contribution in [3.63, 3.8) is 0 Å². The third-order valence-corrected chi connectivity index (χ3v) is 7.57. The quantitative estimate of drug-likeness (QED) is 0.720. The van der Waals surface area contributed by atoms with Gasteiger partial charge >= 0.3 is 5.97 Å². The number of aliphatic carboxylic acids is 1. The minimum atomic E-state index is -3.54. The van der Waals surface area contributed by atoms with E-state index >= 15 is 0 Å². The molecule has 2 N–H and O–H groups in total. The summed E-state index contributed by atoms with van der Waals surface area (Å²) in [6, 6.07) is 0. The summed E-state index contributed by atoms with van der Waals surface area (Å²) in [5.74, 6) is -0.358. The van der Waals surface area contributed by atoms with Gasteiger partial charge in [-0.15, -0.1) is 0 Å². The monoisotopic (exact) mass is 344 g/mol. The zero-order valence-corrected chi connectivity index (χ0v) is 14.4. The number of nitrogens with one attached hydrogen (secondary N) is 1. The van der Waals surface area contributed by atoms with Crippen molar-refractivity contribution in [1.82, 2.24) is 9.03 Å². The van der Waals surface area contributed by atoms with Gasteiger partial charge in [-0.2, -0.15) is 12.7 Å². The van der Waals surface area contributed by atoms with Crippen molar-refractivity contribution in [2.75, 3.05) is 19.6 Å². The van der Waals surface area contributed by atoms with E-state index in [-0.39, 0.29) is 12.5 Å². The van der Waals surface area contributed by atoms with Crippen LogP contribution in [0.15, 0.2) is 0 Å². The Kier molecular flexibility index (Phi) is 5.28. The number of nitrogens with zero attached hydrogens (tertiary/aromatic N) is 1. The molecule has 0 aromatic rings. The number of carbonyl (C=O) groups is 1. The molecule has 3 rings (SSSR count). The van der Waals surface area contributed by atoms with Gasteiger partial charge in [0.25, 0.3) is 10.2 Å². The second kappa shape index (κ2) is 7.07. The van der Waals surface area contributed by atoms with Gasteiger partial charge in [0.05, 0.1) is 5.92 Å². The summed E-state index contributed by atoms with van der Waals surface area (Å²) in [5.41, 5.74) is 0. The van der Waals surface area contributed by atoms with Gasteiger partial charge in [-0.25, -0.2) is 4.72 Å². The third kappa shape index (κ3) is 3.88. The van der Waals surface area contributed by atoms with Crippen LogP contribution in [-0.4, -0.2) is 43.4 Å². The van der Waals surface area contributed by atoms with Crippen LogP contribution in [0.3, 0.4) is 0 Å². The minimum Gasteiger partial charge on any atom is -0.481 e. The van der Waals surface area contributed by atoms with Crippen LogP contribution in [-0.2, 0) is 15.0 Å². The molecule has 2 saturated carbocycles. The maximum atomic E-state index is 12.5. The number of rotatable bonds is 6. The fraction of sp³-hybridized carbons (Fsp3) is 0.938. The highest BCUT2D eigenvalue weighted by atomic mass is 32.2. The van der Waals surface area contributed by atoms with Gasteiger partial charge in [-0.05, 0) is 43.4 Å². The molecule has 23 heavy (non-hydrogen) atoms. The van der Waals surface area contributed by atoms with Gasteiger partial charge in [-0.3, -0.25) is 4.79 Å². The molecule has 0 aromatic heterocycles. The van der Waals surface area contributed by atoms with E-state index in [0.29, 0.717) is 24.9 Å². The Morgan fingerprint density at radius 1 is 1.04 bits per heavy atom. The van der Waals surface area contributed by atoms with Crippen LogP contribution in [0, 0.1) is 23.7 Å². The number of carboxylic acids is 1. The number of carboxylic acid groups (broad SMARTS) is 1. The molecule has 2 aliphatic carbocycles. The molecule has 132 valence electrons. The molecule has 0 amide bonds. The Hall–Kier alpha value is -0.660. The topological polar surface area (TPSA) is 86.7 Å². The summed E-state index contributed by atoms with van der Waals surface area (Å²) < 4.78 is 29.0. The van der Waals surface area contributed by atoms with Gasteiger partial charge < -0.3 is 5.11 Å². The molecular weight excluding hydrogens is 316 g/mol. The Morgan fingerprint density at radius 3 is 2.09 bits per heavy atom. The first-order valence-corrected chi connectivity index (χ1v) is 10.4. The van der Waals surface area contributed by atoms with Crippen molar-refractivity contribution < 1.29 is 18.3 Å². The highest BCUT2D eigenvalue weighted by Gasteiger charge is 2.43. The predicted octanol–water partition coefficient (Wildman–Crippen LogP) is 1.83. The van der Waals surface area contributed by atoms with Crippen molar-refractivity contribution in [3.05, 3.63) is 0 Å². The molecule has 0 aromatic carbocycles. The summed E-state index contributed by atoms with van der Waals surface area (Å²) >= 11 is 0. The molecule has 3 fully saturated rings. The Balaban J connectivity index is 1.58. The highest BCUT2D eigenvalue weighted by Crippen LogP contribution is 2.41. The Labute approximate surface area is 138 Å². The summed E-state index contributed by atoms with van der Waals surface area (Å²) in [7, 11) is -3.54. The van der Waals surface area contributed by atoms with E-state index in [2.05, 4.69) is 4.72 Å². The van der Waals surface area contributed by atoms with Crippen LogP contribution in [0.2, 0.25) is 0 Å². The van der Waals surface area contributed by atoms with Crippen LogP contribution >= 0.6 is 0 Å². The summed E-state index contributed by atoms with van der Waals surface area (Å²) in [6.07, 6.45) is 8.45. The largest absolute Gasteiger partial charge is 0.481 e. The molecule has 1 aliphatic heterocycles. The molecule has 0 bridgehead atoms. The first-order chi connectivity index (χ1) is 11.0. The standard InChI is InChI=1S/C16H28N2O4S/c19-16(20)15(12-5-3-1-2-4-6-12)9-17-23(21,22)18-10-13-7-8-14(13)11-18/h12-15,17H,1-11H2,(H,19,20)/t13-,14+,15?. The number of hydrogen-bond donors (Lipinski definition) is 2. The van der Waals surface area contributed by atoms with Crippen LogP contribution in [0.25, 0.3) is 0 Å². The maximum absolute atomic E-state index is 12.5. The van der Waals surface area contributed by atoms with E-state index in [9.17, 15) is 18.3 Å². The van der Waals surface area contributed by atoms with Crippen molar-refractivity contribution in [2.24, 2.45) is 23.7 Å². The lowest BCUT2D eigenvalue weighted by Crippen LogP contribution is -2.44. The molecule has 1 heterocycles. The lowest BCUT2D eigenvalue weighted by molar-refractivity contribution is -0.143. The average Bonchev–Trinajstić information content (AvgIpc) is 2.67. The van der Waals surface area contributed by atoms with Crippen molar-refractivity contribution in [2.45, 2.75) is 51.4 Å². The van der Waals surface area contributed by atoms with Crippen LogP contribution in [0.5, 0.6) is 0 Å². The molecule has 6 nitrogen and oxygen atoms in total. The van der Waals surface area contributed by atoms with Crippen molar-refractivity contribution in [3.8, 4) is 0 Å². The Bertz CT molecular complexity index is 516. The second-order valence-electron chi connectivity index (χ2n) is 7.46. The van der Waals surface area contributed by atoms with Crippen molar-refractivity contribution >= 4 is 16.2 Å². The zero-order chi connectivity index (χ0) is 16.4. The molecule has 0 radical (unpaired) electrons. The molecule has 1 unspecified atom stereocenters. The predicted molar refractivity (Wildman–Crippen MR) is 87.0 cm³/mol. The van der Waals surface area contributed by atoms with Gasteiger partial charge in [-0.1, -0.05) is 25.7 Å². The molecule has 7 heteroatoms. The second-order valence-corrected chi connectivity index (χ2v) is 9.22. The summed E-state index contributed by atoms with van der Waals surface area (Å²) in [4.78, 5) is 11.6. The van der Waals surface area contributed by atoms with Crippen LogP contribution < -0.4 is 4.72 Å². The lowest BCUT2D eigenvalue weighted by atomic mass is 9.77. The smallest absolute Gasteiger partial charge is 0.308 e. The average molecular weight is 344 g/mol. The van der Waals surface area contributed by atoms with Gasteiger partial charge in [0.2, 0.25) is 0 Å². The lowest BCUT2D eigenvalue weighted by Gasteiger charge is -2.27. The first-order valence-electron chi connectivity index (χ1n) is 8.95. The number of fused-ring (bicyclic) bond motifs is 1. The molecule has 0 spiro atoms. The normalized spacial score (nSPS) is 31.1. The fourth-order valence-electron chi connectivity index (χ4n) is 4.37. The fourth-order valence-corrected chi connectivity index (χ4v) is 5.72. The van der Waals surface area contributed by atoms with E-state index in [0.717, 1.165) is 51.4 Å². The van der Waals surface area contributed by atoms with E-state index < -0.39 is 22.1 Å². The van der Waals surface area contributed by atoms with E-state index in [1.807, 2.05) is 0 Å². The zero-order valence-electron chi connectivity index (χ0n) is 13.6. The van der Waals surface area contributed by atoms with Gasteiger partial charge in [0, 0.05) is 19.6 Å². The van der Waals surface area contributed by atoms with Crippen LogP contribution in [0.4, 0.5) is 0 Å². The molecule has 3 atom stereocenters. The first kappa shape index (κ1) is 17.2. The minimum absolute atomic E-state index is 0.0220. The molecular formula is C16H28N2O4S. The van der Waals surface area contributed by atoms with Crippen LogP contribution in [0.1, 0.15) is 51.4 Å². The number of hydrogen-bond acceptors (Lipinski definition) is 3. The summed E-state index contributed by atoms with van der Waals surface area (Å²) in [5, 5.41) is 9.53. The highest BCUT2D eigenvalue weighted by molar-refractivity contribution is 7.87. The Morgan fingerprint density at radius 2 is 1.61 bits per heavy atom. The van der Waals surface area contributed by atoms with Gasteiger partial charge in [0.1, 0.15) is 0 Å². The molecule has 3 aliphatic rings. The maximum Gasteiger partial charge on any atom is 0.308 e. The van der Waals surface area contributed by atoms with E-state index in [1.165, 1.54) is 4.31 Å². The SMILES string of the molecule is O=C(O)C(CNS(=O)(=O)N1C[C@H]2CC[C@H]2C1)C1CCCCCC1. The van der Waals surface area contributed by atoms with Crippen molar-refractivity contribution in [1.29, 1.82) is 0 Å². The summed E-state index contributed by atoms with van der Waals surface area (Å²) in [6.45, 7) is 1.22. The van der Waals surface area contributed by atoms with E-state index in [1.54, 1.807) is 0 Å². The third-order valence-electron chi connectivity index (χ3n) is 6.06. The van der Waals surface area contributed by atoms with Gasteiger partial charge in [0.15, 0.2) is 0 Å².